The molecule has 0 aromatic carbocycles. The van der Waals surface area contributed by atoms with Gasteiger partial charge in [0.05, 0.1) is 0 Å². The van der Waals surface area contributed by atoms with Gasteiger partial charge in [-0.15, -0.1) is 0 Å². The molecule has 0 saturated carbocycles. The molecular weight excluding hydrogens is 180 g/mol. The van der Waals surface area contributed by atoms with Gasteiger partial charge in [0.25, 0.3) is 0 Å². The van der Waals surface area contributed by atoms with Gasteiger partial charge in [0.2, 0.25) is 0 Å². The number of likely N-dealkylation sites (N-methyl/N-ethyl adjacent to an activating group) is 1. The highest BCUT2D eigenvalue weighted by atomic mass is 16.4. The molecule has 0 radical (unpaired) electrons. The first-order valence-electron chi connectivity index (χ1n) is 5.24. The molecule has 1 unspecified atom stereocenters. The molecule has 1 saturated heterocycles. The zero-order valence-corrected chi connectivity index (χ0v) is 9.07. The zero-order chi connectivity index (χ0) is 10.6. The standard InChI is InChI=1S/C10H20N2O2/c1-9-8-12(7-6-11(9)2)5-3-4-10(13)14/h9H,3-8H2,1-2H3,(H,13,14). The molecule has 1 rings (SSSR count). The van der Waals surface area contributed by atoms with Crippen molar-refractivity contribution in [2.75, 3.05) is 33.2 Å². The highest BCUT2D eigenvalue weighted by Crippen LogP contribution is 2.07. The molecule has 1 aliphatic heterocycles. The molecule has 14 heavy (non-hydrogen) atoms. The lowest BCUT2D eigenvalue weighted by molar-refractivity contribution is -0.137. The molecular formula is C10H20N2O2. The van der Waals surface area contributed by atoms with E-state index in [-0.39, 0.29) is 0 Å². The van der Waals surface area contributed by atoms with Gasteiger partial charge in [0.1, 0.15) is 0 Å². The molecule has 0 aromatic rings. The van der Waals surface area contributed by atoms with E-state index in [0.717, 1.165) is 32.6 Å². The summed E-state index contributed by atoms with van der Waals surface area (Å²) in [6, 6.07) is 0.591. The van der Waals surface area contributed by atoms with E-state index in [0.29, 0.717) is 12.5 Å². The van der Waals surface area contributed by atoms with Gasteiger partial charge in [-0.05, 0) is 26.9 Å². The second kappa shape index (κ2) is 5.32. The third kappa shape index (κ3) is 3.64. The minimum Gasteiger partial charge on any atom is -0.481 e. The Kier molecular flexibility index (Phi) is 4.35. The Labute approximate surface area is 85.5 Å². The average molecular weight is 200 g/mol. The smallest absolute Gasteiger partial charge is 0.303 e. The van der Waals surface area contributed by atoms with Crippen molar-refractivity contribution in [1.29, 1.82) is 0 Å². The van der Waals surface area contributed by atoms with E-state index in [9.17, 15) is 4.79 Å². The SMILES string of the molecule is CC1CN(CCCC(=O)O)CCN1C. The van der Waals surface area contributed by atoms with Crippen LogP contribution in [0.15, 0.2) is 0 Å². The van der Waals surface area contributed by atoms with Crippen LogP contribution < -0.4 is 0 Å². The Morgan fingerprint density at radius 1 is 1.50 bits per heavy atom. The molecule has 1 heterocycles. The first kappa shape index (κ1) is 11.5. The van der Waals surface area contributed by atoms with Crippen molar-refractivity contribution in [2.24, 2.45) is 0 Å². The monoisotopic (exact) mass is 200 g/mol. The minimum atomic E-state index is -0.688. The first-order chi connectivity index (χ1) is 6.59. The van der Waals surface area contributed by atoms with Crippen LogP contribution in [-0.2, 0) is 4.79 Å². The van der Waals surface area contributed by atoms with E-state index in [4.69, 9.17) is 5.11 Å². The Hall–Kier alpha value is -0.610. The van der Waals surface area contributed by atoms with Gasteiger partial charge in [0.15, 0.2) is 0 Å². The number of hydrogen-bond acceptors (Lipinski definition) is 3. The number of carboxylic acid groups (broad SMARTS) is 1. The van der Waals surface area contributed by atoms with Crippen LogP contribution in [0.4, 0.5) is 0 Å². The number of piperazine rings is 1. The van der Waals surface area contributed by atoms with Crippen LogP contribution >= 0.6 is 0 Å². The van der Waals surface area contributed by atoms with Crippen LogP contribution in [0.5, 0.6) is 0 Å². The Balaban J connectivity index is 2.16. The fourth-order valence-corrected chi connectivity index (χ4v) is 1.78. The lowest BCUT2D eigenvalue weighted by Crippen LogP contribution is -2.50. The number of carboxylic acids is 1. The summed E-state index contributed by atoms with van der Waals surface area (Å²) in [5.74, 6) is -0.688. The molecule has 82 valence electrons. The van der Waals surface area contributed by atoms with E-state index in [1.54, 1.807) is 0 Å². The van der Waals surface area contributed by atoms with Crippen molar-refractivity contribution in [2.45, 2.75) is 25.8 Å². The topological polar surface area (TPSA) is 43.8 Å². The quantitative estimate of drug-likeness (QED) is 0.717. The number of aliphatic carboxylic acids is 1. The Bertz CT molecular complexity index is 197. The Morgan fingerprint density at radius 3 is 2.79 bits per heavy atom. The lowest BCUT2D eigenvalue weighted by atomic mass is 10.2. The predicted molar refractivity (Wildman–Crippen MR) is 55.4 cm³/mol. The molecule has 0 bridgehead atoms. The second-order valence-electron chi connectivity index (χ2n) is 4.13. The summed E-state index contributed by atoms with van der Waals surface area (Å²) in [7, 11) is 2.14. The van der Waals surface area contributed by atoms with E-state index >= 15 is 0 Å². The number of hydrogen-bond donors (Lipinski definition) is 1. The largest absolute Gasteiger partial charge is 0.481 e. The van der Waals surface area contributed by atoms with Crippen LogP contribution in [0.1, 0.15) is 19.8 Å². The third-order valence-corrected chi connectivity index (χ3v) is 2.91. The summed E-state index contributed by atoms with van der Waals surface area (Å²) in [5, 5.41) is 8.51. The molecule has 0 aromatic heterocycles. The van der Waals surface area contributed by atoms with Gasteiger partial charge in [-0.3, -0.25) is 4.79 Å². The normalized spacial score (nSPS) is 25.1. The van der Waals surface area contributed by atoms with E-state index in [2.05, 4.69) is 23.8 Å². The van der Waals surface area contributed by atoms with E-state index in [1.165, 1.54) is 0 Å². The third-order valence-electron chi connectivity index (χ3n) is 2.91. The molecule has 1 atom stereocenters. The highest BCUT2D eigenvalue weighted by molar-refractivity contribution is 5.66. The van der Waals surface area contributed by atoms with Gasteiger partial charge in [-0.2, -0.15) is 0 Å². The molecule has 0 aliphatic carbocycles. The molecule has 0 spiro atoms. The van der Waals surface area contributed by atoms with Crippen LogP contribution in [0.3, 0.4) is 0 Å². The molecule has 4 nitrogen and oxygen atoms in total. The summed E-state index contributed by atoms with van der Waals surface area (Å²) in [6.07, 6.45) is 1.06. The fraction of sp³-hybridized carbons (Fsp3) is 0.900. The summed E-state index contributed by atoms with van der Waals surface area (Å²) in [5.41, 5.74) is 0. The highest BCUT2D eigenvalue weighted by Gasteiger charge is 2.19. The molecule has 1 aliphatic rings. The summed E-state index contributed by atoms with van der Waals surface area (Å²) < 4.78 is 0. The Morgan fingerprint density at radius 2 is 2.21 bits per heavy atom. The van der Waals surface area contributed by atoms with E-state index < -0.39 is 5.97 Å². The fourth-order valence-electron chi connectivity index (χ4n) is 1.78. The maximum absolute atomic E-state index is 10.3. The zero-order valence-electron chi connectivity index (χ0n) is 9.07. The van der Waals surface area contributed by atoms with Gasteiger partial charge in [0, 0.05) is 32.1 Å². The van der Waals surface area contributed by atoms with Crippen LogP contribution in [0.2, 0.25) is 0 Å². The summed E-state index contributed by atoms with van der Waals surface area (Å²) in [4.78, 5) is 15.0. The average Bonchev–Trinajstić information content (AvgIpc) is 2.10. The van der Waals surface area contributed by atoms with Crippen molar-refractivity contribution in [1.82, 2.24) is 9.80 Å². The van der Waals surface area contributed by atoms with Crippen LogP contribution in [-0.4, -0.2) is 60.1 Å². The minimum absolute atomic E-state index is 0.292. The van der Waals surface area contributed by atoms with Gasteiger partial charge < -0.3 is 14.9 Å². The van der Waals surface area contributed by atoms with Crippen LogP contribution in [0, 0.1) is 0 Å². The molecule has 1 fully saturated rings. The van der Waals surface area contributed by atoms with Gasteiger partial charge >= 0.3 is 5.97 Å². The van der Waals surface area contributed by atoms with Crippen molar-refractivity contribution in [3.8, 4) is 0 Å². The van der Waals surface area contributed by atoms with E-state index in [1.807, 2.05) is 0 Å². The molecule has 4 heteroatoms. The first-order valence-corrected chi connectivity index (χ1v) is 5.24. The van der Waals surface area contributed by atoms with Crippen molar-refractivity contribution < 1.29 is 9.90 Å². The van der Waals surface area contributed by atoms with Gasteiger partial charge in [-0.1, -0.05) is 0 Å². The number of carbonyl (C=O) groups is 1. The molecule has 1 N–H and O–H groups in total. The maximum Gasteiger partial charge on any atom is 0.303 e. The number of nitrogens with zero attached hydrogens (tertiary/aromatic N) is 2. The molecule has 0 amide bonds. The van der Waals surface area contributed by atoms with Crippen molar-refractivity contribution in [3.63, 3.8) is 0 Å². The predicted octanol–water partition coefficient (Wildman–Crippen LogP) is 0.487. The summed E-state index contributed by atoms with van der Waals surface area (Å²) in [6.45, 7) is 6.36. The lowest BCUT2D eigenvalue weighted by Gasteiger charge is -2.37. The van der Waals surface area contributed by atoms with Crippen molar-refractivity contribution in [3.05, 3.63) is 0 Å². The van der Waals surface area contributed by atoms with Gasteiger partial charge in [-0.25, -0.2) is 0 Å². The van der Waals surface area contributed by atoms with Crippen LogP contribution in [0.25, 0.3) is 0 Å². The maximum atomic E-state index is 10.3. The summed E-state index contributed by atoms with van der Waals surface area (Å²) >= 11 is 0. The second-order valence-corrected chi connectivity index (χ2v) is 4.13. The number of rotatable bonds is 4. The van der Waals surface area contributed by atoms with Crippen molar-refractivity contribution >= 4 is 5.97 Å².